The molecule has 100 valence electrons. The number of carbonyl (C=O) groups excluding carboxylic acids is 1. The Morgan fingerprint density at radius 3 is 2.85 bits per heavy atom. The Labute approximate surface area is 123 Å². The van der Waals surface area contributed by atoms with Crippen molar-refractivity contribution in [1.82, 2.24) is 4.98 Å². The van der Waals surface area contributed by atoms with Gasteiger partial charge in [-0.15, -0.1) is 0 Å². The second-order valence-electron chi connectivity index (χ2n) is 3.83. The van der Waals surface area contributed by atoms with E-state index in [0.29, 0.717) is 16.9 Å². The summed E-state index contributed by atoms with van der Waals surface area (Å²) in [6.45, 7) is 0. The van der Waals surface area contributed by atoms with Crippen molar-refractivity contribution >= 4 is 33.2 Å². The van der Waals surface area contributed by atoms with Crippen LogP contribution >= 0.6 is 15.9 Å². The Hall–Kier alpha value is -2.43. The van der Waals surface area contributed by atoms with E-state index in [1.807, 2.05) is 6.07 Å². The maximum Gasteiger partial charge on any atom is 0.274 e. The van der Waals surface area contributed by atoms with Gasteiger partial charge in [-0.05, 0) is 30.3 Å². The highest BCUT2D eigenvalue weighted by atomic mass is 79.9. The van der Waals surface area contributed by atoms with Crippen molar-refractivity contribution in [1.29, 1.82) is 5.26 Å². The summed E-state index contributed by atoms with van der Waals surface area (Å²) in [4.78, 5) is 16.0. The maximum atomic E-state index is 12.1. The van der Waals surface area contributed by atoms with Crippen LogP contribution in [-0.4, -0.2) is 10.9 Å². The van der Waals surface area contributed by atoms with E-state index < -0.39 is 5.91 Å². The second kappa shape index (κ2) is 6.14. The summed E-state index contributed by atoms with van der Waals surface area (Å²) in [5, 5.41) is 11.7. The summed E-state index contributed by atoms with van der Waals surface area (Å²) >= 11 is 3.27. The molecule has 7 heteroatoms. The van der Waals surface area contributed by atoms with Crippen molar-refractivity contribution in [3.05, 3.63) is 52.3 Å². The van der Waals surface area contributed by atoms with Crippen molar-refractivity contribution in [3.63, 3.8) is 0 Å². The first-order chi connectivity index (χ1) is 9.63. The van der Waals surface area contributed by atoms with Crippen molar-refractivity contribution in [2.75, 3.05) is 10.7 Å². The van der Waals surface area contributed by atoms with Crippen LogP contribution in [0.5, 0.6) is 0 Å². The smallest absolute Gasteiger partial charge is 0.274 e. The summed E-state index contributed by atoms with van der Waals surface area (Å²) in [5.41, 5.74) is 4.00. The number of hydrogen-bond acceptors (Lipinski definition) is 5. The van der Waals surface area contributed by atoms with Crippen LogP contribution in [0.3, 0.4) is 0 Å². The highest BCUT2D eigenvalue weighted by Gasteiger charge is 2.11. The second-order valence-corrected chi connectivity index (χ2v) is 4.75. The number of halogens is 1. The van der Waals surface area contributed by atoms with E-state index >= 15 is 0 Å². The zero-order chi connectivity index (χ0) is 14.5. The number of nitriles is 1. The molecule has 0 radical (unpaired) electrons. The Balaban J connectivity index is 2.26. The van der Waals surface area contributed by atoms with Gasteiger partial charge in [-0.1, -0.05) is 15.9 Å². The lowest BCUT2D eigenvalue weighted by Gasteiger charge is -2.07. The molecule has 1 amide bonds. The molecule has 1 aromatic carbocycles. The molecule has 0 aliphatic carbocycles. The Morgan fingerprint density at radius 1 is 1.35 bits per heavy atom. The molecule has 0 fully saturated rings. The van der Waals surface area contributed by atoms with Gasteiger partial charge in [-0.2, -0.15) is 5.26 Å². The third-order valence-electron chi connectivity index (χ3n) is 2.51. The largest absolute Gasteiger partial charge is 0.324 e. The average Bonchev–Trinajstić information content (AvgIpc) is 2.49. The van der Waals surface area contributed by atoms with Gasteiger partial charge in [0.05, 0.1) is 16.9 Å². The summed E-state index contributed by atoms with van der Waals surface area (Å²) in [6, 6.07) is 10.2. The molecule has 4 N–H and O–H groups in total. The molecule has 0 bridgehead atoms. The van der Waals surface area contributed by atoms with Crippen molar-refractivity contribution < 1.29 is 4.79 Å². The van der Waals surface area contributed by atoms with Crippen LogP contribution in [0, 0.1) is 11.3 Å². The minimum absolute atomic E-state index is 0.201. The van der Waals surface area contributed by atoms with Gasteiger partial charge in [-0.25, -0.2) is 0 Å². The molecule has 1 heterocycles. The van der Waals surface area contributed by atoms with Crippen LogP contribution in [0.2, 0.25) is 0 Å². The molecule has 2 aromatic rings. The number of anilines is 2. The zero-order valence-electron chi connectivity index (χ0n) is 10.2. The third-order valence-corrected chi connectivity index (χ3v) is 3.00. The monoisotopic (exact) mass is 331 g/mol. The van der Waals surface area contributed by atoms with Crippen LogP contribution in [0.4, 0.5) is 11.4 Å². The van der Waals surface area contributed by atoms with E-state index in [4.69, 9.17) is 11.1 Å². The lowest BCUT2D eigenvalue weighted by molar-refractivity contribution is 0.102. The maximum absolute atomic E-state index is 12.1. The molecule has 0 saturated heterocycles. The van der Waals surface area contributed by atoms with E-state index in [1.165, 1.54) is 12.3 Å². The van der Waals surface area contributed by atoms with Crippen LogP contribution in [0.1, 0.15) is 16.1 Å². The number of pyridine rings is 1. The minimum atomic E-state index is -0.416. The highest BCUT2D eigenvalue weighted by molar-refractivity contribution is 9.10. The van der Waals surface area contributed by atoms with Gasteiger partial charge in [0.2, 0.25) is 0 Å². The number of aromatic nitrogens is 1. The third kappa shape index (κ3) is 3.12. The fraction of sp³-hybridized carbons (Fsp3) is 0. The number of amides is 1. The Morgan fingerprint density at radius 2 is 2.15 bits per heavy atom. The SMILES string of the molecule is N#Cc1cc(Br)ccc1NC(=O)c1cc(NN)ccn1. The molecule has 2 rings (SSSR count). The minimum Gasteiger partial charge on any atom is -0.324 e. The predicted molar refractivity (Wildman–Crippen MR) is 78.9 cm³/mol. The molecular formula is C13H10BrN5O. The zero-order valence-corrected chi connectivity index (χ0v) is 11.8. The van der Waals surface area contributed by atoms with Gasteiger partial charge in [0.25, 0.3) is 5.91 Å². The van der Waals surface area contributed by atoms with Gasteiger partial charge < -0.3 is 10.7 Å². The number of nitrogens with two attached hydrogens (primary N) is 1. The first-order valence-corrected chi connectivity index (χ1v) is 6.37. The quantitative estimate of drug-likeness (QED) is 0.591. The lowest BCUT2D eigenvalue weighted by Crippen LogP contribution is -2.15. The standard InChI is InChI=1S/C13H10BrN5O/c14-9-1-2-11(8(5-9)7-15)18-13(20)12-6-10(19-16)3-4-17-12/h1-6H,16H2,(H,17,19)(H,18,20). The predicted octanol–water partition coefficient (Wildman–Crippen LogP) is 2.25. The number of hydrazine groups is 1. The van der Waals surface area contributed by atoms with Gasteiger partial charge in [0.15, 0.2) is 0 Å². The number of benzene rings is 1. The van der Waals surface area contributed by atoms with Crippen molar-refractivity contribution in [2.45, 2.75) is 0 Å². The molecule has 20 heavy (non-hydrogen) atoms. The number of nitrogens with zero attached hydrogens (tertiary/aromatic N) is 2. The summed E-state index contributed by atoms with van der Waals surface area (Å²) in [5.74, 6) is 4.86. The summed E-state index contributed by atoms with van der Waals surface area (Å²) in [7, 11) is 0. The molecule has 0 atom stereocenters. The topological polar surface area (TPSA) is 104 Å². The van der Waals surface area contributed by atoms with E-state index in [0.717, 1.165) is 4.47 Å². The molecule has 0 spiro atoms. The van der Waals surface area contributed by atoms with Crippen LogP contribution in [0.25, 0.3) is 0 Å². The molecule has 6 nitrogen and oxygen atoms in total. The molecule has 0 unspecified atom stereocenters. The first kappa shape index (κ1) is 14.0. The summed E-state index contributed by atoms with van der Waals surface area (Å²) in [6.07, 6.45) is 1.47. The fourth-order valence-electron chi connectivity index (χ4n) is 1.55. The number of nitrogens with one attached hydrogen (secondary N) is 2. The Bertz CT molecular complexity index is 695. The fourth-order valence-corrected chi connectivity index (χ4v) is 1.91. The average molecular weight is 332 g/mol. The normalized spacial score (nSPS) is 9.65. The van der Waals surface area contributed by atoms with E-state index in [-0.39, 0.29) is 5.69 Å². The van der Waals surface area contributed by atoms with Crippen molar-refractivity contribution in [3.8, 4) is 6.07 Å². The number of rotatable bonds is 3. The molecule has 0 aliphatic heterocycles. The van der Waals surface area contributed by atoms with Gasteiger partial charge in [0.1, 0.15) is 11.8 Å². The lowest BCUT2D eigenvalue weighted by atomic mass is 10.2. The first-order valence-electron chi connectivity index (χ1n) is 5.57. The van der Waals surface area contributed by atoms with Gasteiger partial charge in [-0.3, -0.25) is 15.6 Å². The number of carbonyl (C=O) groups is 1. The number of nitrogen functional groups attached to an aromatic ring is 1. The molecular weight excluding hydrogens is 322 g/mol. The van der Waals surface area contributed by atoms with Crippen LogP contribution in [-0.2, 0) is 0 Å². The van der Waals surface area contributed by atoms with Crippen LogP contribution < -0.4 is 16.6 Å². The van der Waals surface area contributed by atoms with E-state index in [1.54, 1.807) is 24.3 Å². The van der Waals surface area contributed by atoms with E-state index in [2.05, 4.69) is 31.7 Å². The molecule has 0 saturated carbocycles. The van der Waals surface area contributed by atoms with Crippen molar-refractivity contribution in [2.24, 2.45) is 5.84 Å². The van der Waals surface area contributed by atoms with Gasteiger partial charge in [0, 0.05) is 10.7 Å². The molecule has 0 aliphatic rings. The Kier molecular flexibility index (Phi) is 4.30. The van der Waals surface area contributed by atoms with Gasteiger partial charge >= 0.3 is 0 Å². The summed E-state index contributed by atoms with van der Waals surface area (Å²) < 4.78 is 0.763. The van der Waals surface area contributed by atoms with Crippen LogP contribution in [0.15, 0.2) is 41.0 Å². The van der Waals surface area contributed by atoms with E-state index in [9.17, 15) is 4.79 Å². The highest BCUT2D eigenvalue weighted by Crippen LogP contribution is 2.21. The number of hydrogen-bond donors (Lipinski definition) is 3. The molecule has 1 aromatic heterocycles.